The van der Waals surface area contributed by atoms with Crippen molar-refractivity contribution in [3.05, 3.63) is 78.1 Å². The summed E-state index contributed by atoms with van der Waals surface area (Å²) in [5.74, 6) is -0.447. The lowest BCUT2D eigenvalue weighted by atomic mass is 10.1. The maximum atomic E-state index is 12.1. The number of rotatable bonds is 7. The van der Waals surface area contributed by atoms with Crippen LogP contribution in [0.15, 0.2) is 91.6 Å². The Bertz CT molecular complexity index is 2240. The molecule has 0 atom stereocenters. The van der Waals surface area contributed by atoms with Crippen LogP contribution in [-0.4, -0.2) is 54.0 Å². The first-order chi connectivity index (χ1) is 19.6. The van der Waals surface area contributed by atoms with Gasteiger partial charge in [-0.05, 0) is 48.0 Å². The van der Waals surface area contributed by atoms with Crippen LogP contribution in [0.2, 0.25) is 0 Å². The monoisotopic (exact) mass is 630 g/mol. The van der Waals surface area contributed by atoms with Gasteiger partial charge in [-0.3, -0.25) is 13.7 Å². The molecule has 0 aliphatic heterocycles. The molecule has 17 heteroatoms. The van der Waals surface area contributed by atoms with Crippen LogP contribution in [-0.2, 0) is 30.4 Å². The Morgan fingerprint density at radius 2 is 1.40 bits per heavy atom. The molecule has 14 nitrogen and oxygen atoms in total. The molecule has 216 valence electrons. The molecule has 4 aromatic carbocycles. The Morgan fingerprint density at radius 3 is 2.02 bits per heavy atom. The average molecular weight is 631 g/mol. The SMILES string of the molecule is O=S(=O)(O)c1cc(S(=O)(=O)O)c2c(O)cc(S(=O)(=O)O)c(N=Nc3ccc(/C=C\c4nc5ccccc5[nH]4)cc3)c2c1. The van der Waals surface area contributed by atoms with Crippen molar-refractivity contribution in [2.75, 3.05) is 0 Å². The Labute approximate surface area is 238 Å². The molecule has 0 saturated heterocycles. The largest absolute Gasteiger partial charge is 0.507 e. The molecular weight excluding hydrogens is 612 g/mol. The van der Waals surface area contributed by atoms with Gasteiger partial charge in [0.2, 0.25) is 0 Å². The number of nitrogens with zero attached hydrogens (tertiary/aromatic N) is 3. The molecule has 5 aromatic rings. The maximum Gasteiger partial charge on any atom is 0.296 e. The van der Waals surface area contributed by atoms with Crippen molar-refractivity contribution in [2.45, 2.75) is 14.7 Å². The minimum absolute atomic E-state index is 0.152. The van der Waals surface area contributed by atoms with Crippen LogP contribution in [0, 0.1) is 0 Å². The molecule has 0 aliphatic carbocycles. The molecule has 0 aliphatic rings. The van der Waals surface area contributed by atoms with E-state index in [-0.39, 0.29) is 5.69 Å². The zero-order valence-electron chi connectivity index (χ0n) is 20.8. The number of nitrogens with one attached hydrogen (secondary N) is 1. The number of H-pyrrole nitrogens is 1. The third kappa shape index (κ3) is 5.91. The van der Waals surface area contributed by atoms with Crippen LogP contribution >= 0.6 is 0 Å². The van der Waals surface area contributed by atoms with E-state index < -0.39 is 67.3 Å². The van der Waals surface area contributed by atoms with Gasteiger partial charge in [-0.1, -0.05) is 30.3 Å². The highest BCUT2D eigenvalue weighted by molar-refractivity contribution is 7.87. The van der Waals surface area contributed by atoms with E-state index in [0.29, 0.717) is 24.0 Å². The van der Waals surface area contributed by atoms with Crippen LogP contribution in [0.1, 0.15) is 11.4 Å². The van der Waals surface area contributed by atoms with Crippen LogP contribution in [0.25, 0.3) is 34.0 Å². The van der Waals surface area contributed by atoms with E-state index in [9.17, 15) is 44.0 Å². The zero-order chi connectivity index (χ0) is 30.4. The average Bonchev–Trinajstić information content (AvgIpc) is 3.33. The number of hydrogen-bond acceptors (Lipinski definition) is 10. The lowest BCUT2D eigenvalue weighted by molar-refractivity contribution is 0.468. The number of azo groups is 1. The number of aromatic amines is 1. The summed E-state index contributed by atoms with van der Waals surface area (Å²) in [4.78, 5) is 4.28. The van der Waals surface area contributed by atoms with Gasteiger partial charge in [0.25, 0.3) is 30.4 Å². The first-order valence-corrected chi connectivity index (χ1v) is 15.8. The second-order valence-electron chi connectivity index (χ2n) is 8.78. The Hall–Kier alpha value is -4.52. The standard InChI is InChI=1S/C25H18N4O10S3/c30-20-13-22(42(37,38)39)25(17-11-16(40(31,32)33)12-21(24(17)20)41(34,35)36)29-28-15-8-5-14(6-9-15)7-10-23-26-18-3-1-2-4-19(18)27-23/h1-13,30H,(H,26,27)(H,31,32,33)(H,34,35,36)(H,37,38,39)/b10-7-,29-28?. The highest BCUT2D eigenvalue weighted by atomic mass is 32.2. The van der Waals surface area contributed by atoms with E-state index in [1.807, 2.05) is 24.3 Å². The molecule has 5 N–H and O–H groups in total. The summed E-state index contributed by atoms with van der Waals surface area (Å²) in [5, 5.41) is 16.7. The number of para-hydroxylation sites is 2. The molecule has 42 heavy (non-hydrogen) atoms. The first kappa shape index (κ1) is 29.0. The van der Waals surface area contributed by atoms with Crippen molar-refractivity contribution in [1.29, 1.82) is 0 Å². The minimum Gasteiger partial charge on any atom is -0.507 e. The highest BCUT2D eigenvalue weighted by Gasteiger charge is 2.28. The smallest absolute Gasteiger partial charge is 0.296 e. The molecule has 0 radical (unpaired) electrons. The number of hydrogen-bond donors (Lipinski definition) is 5. The van der Waals surface area contributed by atoms with Crippen LogP contribution in [0.4, 0.5) is 11.4 Å². The summed E-state index contributed by atoms with van der Waals surface area (Å²) in [6, 6.07) is 15.2. The normalized spacial score (nSPS) is 13.1. The zero-order valence-corrected chi connectivity index (χ0v) is 23.3. The topological polar surface area (TPSA) is 237 Å². The molecule has 0 fully saturated rings. The minimum atomic E-state index is -5.24. The number of aromatic nitrogens is 2. The molecule has 1 aromatic heterocycles. The summed E-state index contributed by atoms with van der Waals surface area (Å²) in [6.07, 6.45) is 3.51. The lowest BCUT2D eigenvalue weighted by Crippen LogP contribution is -2.06. The fourth-order valence-corrected chi connectivity index (χ4v) is 6.09. The molecule has 1 heterocycles. The van der Waals surface area contributed by atoms with Gasteiger partial charge in [0.1, 0.15) is 27.1 Å². The predicted molar refractivity (Wildman–Crippen MR) is 151 cm³/mol. The second-order valence-corrected chi connectivity index (χ2v) is 13.0. The van der Waals surface area contributed by atoms with Gasteiger partial charge >= 0.3 is 0 Å². The van der Waals surface area contributed by atoms with Crippen LogP contribution < -0.4 is 0 Å². The van der Waals surface area contributed by atoms with Crippen LogP contribution in [0.3, 0.4) is 0 Å². The van der Waals surface area contributed by atoms with Crippen molar-refractivity contribution in [3.63, 3.8) is 0 Å². The number of benzene rings is 4. The summed E-state index contributed by atoms with van der Waals surface area (Å²) < 4.78 is 101. The summed E-state index contributed by atoms with van der Waals surface area (Å²) in [7, 11) is -15.5. The van der Waals surface area contributed by atoms with E-state index in [4.69, 9.17) is 0 Å². The predicted octanol–water partition coefficient (Wildman–Crippen LogP) is 4.75. The number of aromatic hydroxyl groups is 1. The number of imidazole rings is 1. The molecule has 0 saturated carbocycles. The van der Waals surface area contributed by atoms with Crippen LogP contribution in [0.5, 0.6) is 5.75 Å². The van der Waals surface area contributed by atoms with Gasteiger partial charge in [0.05, 0.1) is 21.6 Å². The fraction of sp³-hybridized carbons (Fsp3) is 0. The third-order valence-corrected chi connectivity index (χ3v) is 8.52. The van der Waals surface area contributed by atoms with Gasteiger partial charge in [-0.2, -0.15) is 30.4 Å². The van der Waals surface area contributed by atoms with E-state index in [1.165, 1.54) is 12.1 Å². The van der Waals surface area contributed by atoms with Gasteiger partial charge in [0, 0.05) is 16.8 Å². The molecule has 5 rings (SSSR count). The highest BCUT2D eigenvalue weighted by Crippen LogP contribution is 2.43. The number of phenols is 1. The van der Waals surface area contributed by atoms with Gasteiger partial charge in [-0.15, -0.1) is 5.11 Å². The lowest BCUT2D eigenvalue weighted by Gasteiger charge is -2.13. The van der Waals surface area contributed by atoms with Crippen molar-refractivity contribution in [2.24, 2.45) is 10.2 Å². The third-order valence-electron chi connectivity index (χ3n) is 5.94. The number of phenolic OH excluding ortho intramolecular Hbond substituents is 1. The molecule has 0 unspecified atom stereocenters. The van der Waals surface area contributed by atoms with E-state index in [1.54, 1.807) is 24.3 Å². The van der Waals surface area contributed by atoms with E-state index in [0.717, 1.165) is 16.6 Å². The summed E-state index contributed by atoms with van der Waals surface area (Å²) >= 11 is 0. The van der Waals surface area contributed by atoms with Gasteiger partial charge in [-0.25, -0.2) is 4.98 Å². The molecule has 0 bridgehead atoms. The summed E-state index contributed by atoms with van der Waals surface area (Å²) in [5.41, 5.74) is 1.75. The number of fused-ring (bicyclic) bond motifs is 2. The van der Waals surface area contributed by atoms with Crippen molar-refractivity contribution in [3.8, 4) is 5.75 Å². The molecule has 0 amide bonds. The van der Waals surface area contributed by atoms with Gasteiger partial charge in [0.15, 0.2) is 0 Å². The first-order valence-electron chi connectivity index (χ1n) is 11.5. The Morgan fingerprint density at radius 1 is 0.738 bits per heavy atom. The molecular formula is C25H18N4O10S3. The van der Waals surface area contributed by atoms with E-state index >= 15 is 0 Å². The van der Waals surface area contributed by atoms with Crippen molar-refractivity contribution < 1.29 is 44.0 Å². The summed E-state index contributed by atoms with van der Waals surface area (Å²) in [6.45, 7) is 0. The second kappa shape index (κ2) is 10.4. The maximum absolute atomic E-state index is 12.1. The van der Waals surface area contributed by atoms with E-state index in [2.05, 4.69) is 20.2 Å². The van der Waals surface area contributed by atoms with Crippen molar-refractivity contribution in [1.82, 2.24) is 9.97 Å². The Balaban J connectivity index is 1.59. The fourth-order valence-electron chi connectivity index (χ4n) is 4.08. The van der Waals surface area contributed by atoms with Crippen molar-refractivity contribution >= 4 is 75.7 Å². The molecule has 0 spiro atoms. The van der Waals surface area contributed by atoms with Gasteiger partial charge < -0.3 is 10.1 Å². The quantitative estimate of drug-likeness (QED) is 0.121. The Kier molecular flexibility index (Phi) is 7.17.